The van der Waals surface area contributed by atoms with Gasteiger partial charge in [-0.15, -0.1) is 0 Å². The van der Waals surface area contributed by atoms with Crippen LogP contribution in [0.15, 0.2) is 22.6 Å². The van der Waals surface area contributed by atoms with Gasteiger partial charge in [-0.3, -0.25) is 0 Å². The van der Waals surface area contributed by atoms with E-state index in [1.54, 1.807) is 6.07 Å². The largest absolute Gasteiger partial charge is 0.458 e. The lowest BCUT2D eigenvalue weighted by Crippen LogP contribution is -2.34. The van der Waals surface area contributed by atoms with Crippen LogP contribution in [0.2, 0.25) is 10.0 Å². The second-order valence-corrected chi connectivity index (χ2v) is 5.88. The minimum Gasteiger partial charge on any atom is -0.458 e. The van der Waals surface area contributed by atoms with Gasteiger partial charge in [0.05, 0.1) is 11.6 Å². The average Bonchev–Trinajstić information content (AvgIpc) is 2.64. The van der Waals surface area contributed by atoms with Gasteiger partial charge in [0, 0.05) is 10.9 Å². The molecule has 2 aromatic rings. The average molecular weight is 272 g/mol. The second kappa shape index (κ2) is 4.52. The summed E-state index contributed by atoms with van der Waals surface area (Å²) in [5.74, 6) is 0.860. The molecule has 0 saturated carbocycles. The topological polar surface area (TPSA) is 25.2 Å². The SMILES string of the molecule is CC(C)(C)NCc1cc2ccc(Cl)c(Cl)c2o1. The summed E-state index contributed by atoms with van der Waals surface area (Å²) in [4.78, 5) is 0. The minimum absolute atomic E-state index is 0.0560. The number of fused-ring (bicyclic) bond motifs is 1. The van der Waals surface area contributed by atoms with Gasteiger partial charge >= 0.3 is 0 Å². The molecule has 1 N–H and O–H groups in total. The van der Waals surface area contributed by atoms with Gasteiger partial charge in [0.15, 0.2) is 5.58 Å². The molecule has 1 aromatic heterocycles. The summed E-state index contributed by atoms with van der Waals surface area (Å²) in [7, 11) is 0. The normalized spacial score (nSPS) is 12.3. The molecule has 2 rings (SSSR count). The molecule has 0 saturated heterocycles. The molecule has 0 atom stereocenters. The zero-order valence-corrected chi connectivity index (χ0v) is 11.6. The van der Waals surface area contributed by atoms with E-state index in [-0.39, 0.29) is 5.54 Å². The van der Waals surface area contributed by atoms with Crippen LogP contribution in [-0.2, 0) is 6.54 Å². The van der Waals surface area contributed by atoms with Crippen molar-refractivity contribution in [2.75, 3.05) is 0 Å². The second-order valence-electron chi connectivity index (χ2n) is 5.10. The van der Waals surface area contributed by atoms with Gasteiger partial charge in [-0.05, 0) is 39.0 Å². The minimum atomic E-state index is 0.0560. The Kier molecular flexibility index (Phi) is 3.39. The molecule has 0 amide bonds. The third-order valence-electron chi connectivity index (χ3n) is 2.42. The number of nitrogens with one attached hydrogen (secondary N) is 1. The Bertz CT molecular complexity index is 540. The van der Waals surface area contributed by atoms with E-state index in [1.165, 1.54) is 0 Å². The van der Waals surface area contributed by atoms with Gasteiger partial charge in [0.1, 0.15) is 10.8 Å². The summed E-state index contributed by atoms with van der Waals surface area (Å²) in [6.07, 6.45) is 0. The Balaban J connectivity index is 2.29. The molecule has 0 aliphatic carbocycles. The highest BCUT2D eigenvalue weighted by molar-refractivity contribution is 6.44. The highest BCUT2D eigenvalue weighted by Gasteiger charge is 2.13. The van der Waals surface area contributed by atoms with E-state index in [9.17, 15) is 0 Å². The van der Waals surface area contributed by atoms with E-state index in [2.05, 4.69) is 26.1 Å². The van der Waals surface area contributed by atoms with Crippen LogP contribution in [0.4, 0.5) is 0 Å². The quantitative estimate of drug-likeness (QED) is 0.862. The number of furan rings is 1. The van der Waals surface area contributed by atoms with Crippen LogP contribution in [0.1, 0.15) is 26.5 Å². The summed E-state index contributed by atoms with van der Waals surface area (Å²) in [5, 5.41) is 5.34. The molecular formula is C13H15Cl2NO. The van der Waals surface area contributed by atoms with Crippen LogP contribution in [0.5, 0.6) is 0 Å². The summed E-state index contributed by atoms with van der Waals surface area (Å²) in [6, 6.07) is 5.67. The van der Waals surface area contributed by atoms with Crippen molar-refractivity contribution >= 4 is 34.2 Å². The van der Waals surface area contributed by atoms with E-state index in [1.807, 2.05) is 12.1 Å². The fourth-order valence-corrected chi connectivity index (χ4v) is 1.90. The van der Waals surface area contributed by atoms with Gasteiger partial charge < -0.3 is 9.73 Å². The smallest absolute Gasteiger partial charge is 0.154 e. The van der Waals surface area contributed by atoms with Crippen LogP contribution in [0.25, 0.3) is 11.0 Å². The van der Waals surface area contributed by atoms with Crippen LogP contribution in [-0.4, -0.2) is 5.54 Å². The molecule has 1 heterocycles. The van der Waals surface area contributed by atoms with E-state index in [4.69, 9.17) is 27.6 Å². The molecular weight excluding hydrogens is 257 g/mol. The van der Waals surface area contributed by atoms with Crippen LogP contribution in [0.3, 0.4) is 0 Å². The number of hydrogen-bond acceptors (Lipinski definition) is 2. The highest BCUT2D eigenvalue weighted by Crippen LogP contribution is 2.32. The lowest BCUT2D eigenvalue weighted by atomic mass is 10.1. The first-order valence-corrected chi connectivity index (χ1v) is 6.24. The summed E-state index contributed by atoms with van der Waals surface area (Å²) < 4.78 is 5.70. The maximum atomic E-state index is 6.08. The fraction of sp³-hybridized carbons (Fsp3) is 0.385. The standard InChI is InChI=1S/C13H15Cl2NO/c1-13(2,3)16-7-9-6-8-4-5-10(14)11(15)12(8)17-9/h4-6,16H,7H2,1-3H3. The van der Waals surface area contributed by atoms with Crippen molar-refractivity contribution in [2.45, 2.75) is 32.9 Å². The monoisotopic (exact) mass is 271 g/mol. The predicted molar refractivity (Wildman–Crippen MR) is 72.8 cm³/mol. The van der Waals surface area contributed by atoms with Crippen molar-refractivity contribution in [2.24, 2.45) is 0 Å². The molecule has 0 bridgehead atoms. The molecule has 0 aliphatic rings. The van der Waals surface area contributed by atoms with Crippen LogP contribution < -0.4 is 5.32 Å². The number of hydrogen-bond donors (Lipinski definition) is 1. The first-order valence-electron chi connectivity index (χ1n) is 5.48. The maximum absolute atomic E-state index is 6.08. The molecule has 0 unspecified atom stereocenters. The molecule has 0 fully saturated rings. The van der Waals surface area contributed by atoms with Crippen molar-refractivity contribution in [3.63, 3.8) is 0 Å². The first kappa shape index (κ1) is 12.7. The molecule has 0 radical (unpaired) electrons. The van der Waals surface area contributed by atoms with Crippen molar-refractivity contribution in [3.8, 4) is 0 Å². The molecule has 2 nitrogen and oxygen atoms in total. The fourth-order valence-electron chi connectivity index (χ4n) is 1.54. The van der Waals surface area contributed by atoms with Crippen LogP contribution in [0, 0.1) is 0 Å². The Morgan fingerprint density at radius 2 is 1.94 bits per heavy atom. The van der Waals surface area contributed by atoms with Gasteiger partial charge in [-0.2, -0.15) is 0 Å². The van der Waals surface area contributed by atoms with Gasteiger partial charge in [-0.1, -0.05) is 23.2 Å². The van der Waals surface area contributed by atoms with Crippen molar-refractivity contribution in [3.05, 3.63) is 34.0 Å². The number of rotatable bonds is 2. The molecule has 0 aliphatic heterocycles. The van der Waals surface area contributed by atoms with Crippen molar-refractivity contribution < 1.29 is 4.42 Å². The Morgan fingerprint density at radius 3 is 2.59 bits per heavy atom. The van der Waals surface area contributed by atoms with Gasteiger partial charge in [-0.25, -0.2) is 0 Å². The van der Waals surface area contributed by atoms with E-state index < -0.39 is 0 Å². The van der Waals surface area contributed by atoms with Crippen molar-refractivity contribution in [1.82, 2.24) is 5.32 Å². The lowest BCUT2D eigenvalue weighted by Gasteiger charge is -2.19. The summed E-state index contributed by atoms with van der Waals surface area (Å²) >= 11 is 12.0. The number of benzene rings is 1. The molecule has 92 valence electrons. The molecule has 17 heavy (non-hydrogen) atoms. The van der Waals surface area contributed by atoms with E-state index in [0.29, 0.717) is 22.2 Å². The summed E-state index contributed by atoms with van der Waals surface area (Å²) in [5.41, 5.74) is 0.713. The molecule has 1 aromatic carbocycles. The zero-order valence-electron chi connectivity index (χ0n) is 10.1. The number of halogens is 2. The molecule has 0 spiro atoms. The molecule has 4 heteroatoms. The predicted octanol–water partition coefficient (Wildman–Crippen LogP) is 4.63. The van der Waals surface area contributed by atoms with E-state index in [0.717, 1.165) is 11.1 Å². The third kappa shape index (κ3) is 2.95. The van der Waals surface area contributed by atoms with Crippen LogP contribution >= 0.6 is 23.2 Å². The third-order valence-corrected chi connectivity index (χ3v) is 3.21. The Labute approximate surface area is 111 Å². The van der Waals surface area contributed by atoms with E-state index >= 15 is 0 Å². The zero-order chi connectivity index (χ0) is 12.6. The van der Waals surface area contributed by atoms with Gasteiger partial charge in [0.25, 0.3) is 0 Å². The first-order chi connectivity index (χ1) is 7.87. The Morgan fingerprint density at radius 1 is 1.24 bits per heavy atom. The van der Waals surface area contributed by atoms with Crippen molar-refractivity contribution in [1.29, 1.82) is 0 Å². The Hall–Kier alpha value is -0.700. The lowest BCUT2D eigenvalue weighted by molar-refractivity contribution is 0.395. The highest BCUT2D eigenvalue weighted by atomic mass is 35.5. The summed E-state index contributed by atoms with van der Waals surface area (Å²) in [6.45, 7) is 7.00. The maximum Gasteiger partial charge on any atom is 0.154 e. The van der Waals surface area contributed by atoms with Gasteiger partial charge in [0.2, 0.25) is 0 Å².